The summed E-state index contributed by atoms with van der Waals surface area (Å²) < 4.78 is 2.43. The van der Waals surface area contributed by atoms with Gasteiger partial charge in [-0.2, -0.15) is 0 Å². The fourth-order valence-electron chi connectivity index (χ4n) is 6.06. The highest BCUT2D eigenvalue weighted by Gasteiger charge is 2.27. The molecule has 0 amide bonds. The molecule has 1 N–H and O–H groups in total. The highest BCUT2D eigenvalue weighted by atomic mass is 15.1. The molecule has 4 heteroatoms. The van der Waals surface area contributed by atoms with Crippen molar-refractivity contribution < 1.29 is 4.57 Å². The first-order valence-electron chi connectivity index (χ1n) is 13.3. The second kappa shape index (κ2) is 8.94. The zero-order chi connectivity index (χ0) is 23.9. The van der Waals surface area contributed by atoms with Crippen LogP contribution in [0.3, 0.4) is 0 Å². The Balaban J connectivity index is 1.53. The van der Waals surface area contributed by atoms with Gasteiger partial charge in [-0.1, -0.05) is 36.4 Å². The quantitative estimate of drug-likeness (QED) is 0.229. The van der Waals surface area contributed by atoms with Crippen LogP contribution in [0.5, 0.6) is 0 Å². The molecule has 36 heavy (non-hydrogen) atoms. The van der Waals surface area contributed by atoms with E-state index in [4.69, 9.17) is 4.98 Å². The lowest BCUT2D eigenvalue weighted by atomic mass is 9.88. The van der Waals surface area contributed by atoms with Gasteiger partial charge in [-0.05, 0) is 73.9 Å². The summed E-state index contributed by atoms with van der Waals surface area (Å²) in [7, 11) is 0. The maximum Gasteiger partial charge on any atom is 0.239 e. The Morgan fingerprint density at radius 2 is 1.42 bits per heavy atom. The van der Waals surface area contributed by atoms with Crippen molar-refractivity contribution in [2.75, 3.05) is 23.3 Å². The van der Waals surface area contributed by atoms with Crippen LogP contribution in [0.4, 0.5) is 17.1 Å². The monoisotopic (exact) mass is 471 g/mol. The second-order valence-corrected chi connectivity index (χ2v) is 10.1. The van der Waals surface area contributed by atoms with Gasteiger partial charge < -0.3 is 10.2 Å². The van der Waals surface area contributed by atoms with E-state index in [1.165, 1.54) is 64.9 Å². The summed E-state index contributed by atoms with van der Waals surface area (Å²) in [4.78, 5) is 7.83. The first kappa shape index (κ1) is 21.4. The van der Waals surface area contributed by atoms with Crippen molar-refractivity contribution in [1.29, 1.82) is 0 Å². The van der Waals surface area contributed by atoms with Gasteiger partial charge in [-0.3, -0.25) is 0 Å². The molecule has 1 aliphatic carbocycles. The van der Waals surface area contributed by atoms with Gasteiger partial charge in [0.2, 0.25) is 16.7 Å². The Morgan fingerprint density at radius 3 is 2.19 bits per heavy atom. The number of nitrogens with zero attached hydrogens (tertiary/aromatic N) is 3. The summed E-state index contributed by atoms with van der Waals surface area (Å²) in [5.41, 5.74) is 12.2. The molecule has 0 atom stereocenters. The number of anilines is 3. The largest absolute Gasteiger partial charge is 0.371 e. The number of nitrogens with one attached hydrogen (secondary N) is 1. The fourth-order valence-corrected chi connectivity index (χ4v) is 6.06. The number of hydrogen-bond acceptors (Lipinski definition) is 3. The fraction of sp³-hybridized carbons (Fsp3) is 0.250. The van der Waals surface area contributed by atoms with Crippen LogP contribution in [-0.2, 0) is 12.8 Å². The van der Waals surface area contributed by atoms with Crippen LogP contribution in [0.15, 0.2) is 84.9 Å². The van der Waals surface area contributed by atoms with E-state index >= 15 is 0 Å². The van der Waals surface area contributed by atoms with Crippen molar-refractivity contribution in [2.24, 2.45) is 0 Å². The van der Waals surface area contributed by atoms with Gasteiger partial charge >= 0.3 is 0 Å². The van der Waals surface area contributed by atoms with Crippen LogP contribution in [0.1, 0.15) is 36.8 Å². The Kier molecular flexibility index (Phi) is 5.31. The maximum absolute atomic E-state index is 5.33. The molecule has 2 heterocycles. The highest BCUT2D eigenvalue weighted by Crippen LogP contribution is 2.36. The van der Waals surface area contributed by atoms with Crippen LogP contribution in [0.2, 0.25) is 0 Å². The highest BCUT2D eigenvalue weighted by molar-refractivity contribution is 5.90. The molecule has 2 aliphatic rings. The zero-order valence-electron chi connectivity index (χ0n) is 20.6. The van der Waals surface area contributed by atoms with Crippen LogP contribution >= 0.6 is 0 Å². The summed E-state index contributed by atoms with van der Waals surface area (Å²) in [6, 6.07) is 30.5. The molecule has 0 radical (unpaired) electrons. The van der Waals surface area contributed by atoms with Crippen molar-refractivity contribution in [1.82, 2.24) is 4.98 Å². The smallest absolute Gasteiger partial charge is 0.239 e. The summed E-state index contributed by atoms with van der Waals surface area (Å²) in [6.45, 7) is 2.27. The molecule has 1 aliphatic heterocycles. The molecule has 4 nitrogen and oxygen atoms in total. The number of hydrogen-bond donors (Lipinski definition) is 1. The van der Waals surface area contributed by atoms with E-state index in [9.17, 15) is 0 Å². The molecule has 0 saturated carbocycles. The molecule has 1 saturated heterocycles. The van der Waals surface area contributed by atoms with Crippen molar-refractivity contribution in [3.63, 3.8) is 0 Å². The lowest BCUT2D eigenvalue weighted by Gasteiger charge is -2.22. The minimum atomic E-state index is 1.06. The van der Waals surface area contributed by atoms with Gasteiger partial charge in [-0.15, -0.1) is 4.57 Å². The molecule has 5 aromatic rings. The number of aromatic nitrogens is 2. The summed E-state index contributed by atoms with van der Waals surface area (Å²) in [6.07, 6.45) is 7.17. The third-order valence-electron chi connectivity index (χ3n) is 7.81. The van der Waals surface area contributed by atoms with E-state index in [-0.39, 0.29) is 0 Å². The lowest BCUT2D eigenvalue weighted by molar-refractivity contribution is -0.538. The third-order valence-corrected chi connectivity index (χ3v) is 7.81. The molecular formula is C32H31N4+. The van der Waals surface area contributed by atoms with E-state index < -0.39 is 0 Å². The molecule has 7 rings (SSSR count). The Labute approximate surface area is 212 Å². The normalized spacial score (nSPS) is 15.4. The van der Waals surface area contributed by atoms with Crippen LogP contribution in [-0.4, -0.2) is 18.1 Å². The third kappa shape index (κ3) is 3.69. The molecule has 1 fully saturated rings. The maximum atomic E-state index is 5.33. The first-order chi connectivity index (χ1) is 17.8. The van der Waals surface area contributed by atoms with Gasteiger partial charge in [0.05, 0.1) is 0 Å². The minimum absolute atomic E-state index is 1.06. The van der Waals surface area contributed by atoms with Gasteiger partial charge in [0, 0.05) is 54.4 Å². The van der Waals surface area contributed by atoms with Crippen LogP contribution in [0.25, 0.3) is 27.8 Å². The lowest BCUT2D eigenvalue weighted by Crippen LogP contribution is -2.34. The van der Waals surface area contributed by atoms with E-state index in [1.54, 1.807) is 0 Å². The van der Waals surface area contributed by atoms with Gasteiger partial charge in [0.25, 0.3) is 0 Å². The van der Waals surface area contributed by atoms with E-state index in [1.807, 2.05) is 0 Å². The summed E-state index contributed by atoms with van der Waals surface area (Å²) in [5, 5.41) is 3.76. The van der Waals surface area contributed by atoms with Gasteiger partial charge in [-0.25, -0.2) is 4.98 Å². The molecule has 0 unspecified atom stereocenters. The zero-order valence-corrected chi connectivity index (χ0v) is 20.6. The van der Waals surface area contributed by atoms with Crippen LogP contribution < -0.4 is 14.8 Å². The van der Waals surface area contributed by atoms with Crippen molar-refractivity contribution in [3.05, 3.63) is 96.1 Å². The molecule has 0 bridgehead atoms. The summed E-state index contributed by atoms with van der Waals surface area (Å²) >= 11 is 0. The van der Waals surface area contributed by atoms with Gasteiger partial charge in [0.15, 0.2) is 0 Å². The SMILES string of the molecule is c1ccc(Nc2cc3c(nc4ccc(N5CCCC5)cc4[n+]3-c3ccccc3)c3c2CCCC3)cc1. The molecule has 178 valence electrons. The molecule has 0 spiro atoms. The van der Waals surface area contributed by atoms with E-state index in [2.05, 4.69) is 99.7 Å². The average Bonchev–Trinajstić information content (AvgIpc) is 3.48. The van der Waals surface area contributed by atoms with Gasteiger partial charge in [0.1, 0.15) is 11.0 Å². The second-order valence-electron chi connectivity index (χ2n) is 10.1. The number of benzene rings is 4. The van der Waals surface area contributed by atoms with Crippen molar-refractivity contribution in [3.8, 4) is 5.69 Å². The topological polar surface area (TPSA) is 32.0 Å². The van der Waals surface area contributed by atoms with E-state index in [0.717, 1.165) is 42.7 Å². The molecule has 1 aromatic heterocycles. The first-order valence-corrected chi connectivity index (χ1v) is 13.3. The predicted octanol–water partition coefficient (Wildman–Crippen LogP) is 6.89. The Hall–Kier alpha value is -3.92. The van der Waals surface area contributed by atoms with Crippen molar-refractivity contribution in [2.45, 2.75) is 38.5 Å². The average molecular weight is 472 g/mol. The Bertz CT molecular complexity index is 1550. The molecular weight excluding hydrogens is 440 g/mol. The Morgan fingerprint density at radius 1 is 0.694 bits per heavy atom. The number of fused-ring (bicyclic) bond motifs is 4. The molecule has 4 aromatic carbocycles. The standard InChI is InChI=1S/C32H30N4/c1-3-11-23(12-4-1)33-29-22-31-32(27-16-8-7-15-26(27)29)34-28-18-17-25(35-19-9-10-20-35)21-30(28)36(31)24-13-5-2-6-14-24/h1-6,11-14,17-18,21-22H,7-10,15-16,19-20H2/p+1. The predicted molar refractivity (Wildman–Crippen MR) is 149 cm³/mol. The number of aryl methyl sites for hydroxylation is 1. The number of para-hydroxylation sites is 2. The van der Waals surface area contributed by atoms with E-state index in [0.29, 0.717) is 0 Å². The summed E-state index contributed by atoms with van der Waals surface area (Å²) in [5.74, 6) is 0. The van der Waals surface area contributed by atoms with Crippen LogP contribution in [0, 0.1) is 0 Å². The minimum Gasteiger partial charge on any atom is -0.371 e. The number of rotatable bonds is 4. The van der Waals surface area contributed by atoms with Crippen molar-refractivity contribution >= 4 is 39.1 Å².